The molecule has 2 aromatic rings. The number of anilines is 1. The molecule has 0 radical (unpaired) electrons. The molecule has 88 valence electrons. The summed E-state index contributed by atoms with van der Waals surface area (Å²) in [4.78, 5) is 13.2. The molecule has 0 amide bonds. The van der Waals surface area contributed by atoms with E-state index in [1.807, 2.05) is 36.6 Å². The Balaban J connectivity index is 2.23. The van der Waals surface area contributed by atoms with E-state index in [0.717, 1.165) is 20.5 Å². The maximum Gasteiger partial charge on any atom is 0.168 e. The number of hydrogen-bond acceptors (Lipinski definition) is 3. The second-order valence-electron chi connectivity index (χ2n) is 3.85. The van der Waals surface area contributed by atoms with Crippen molar-refractivity contribution in [1.82, 2.24) is 0 Å². The molecule has 17 heavy (non-hydrogen) atoms. The lowest BCUT2D eigenvalue weighted by Crippen LogP contribution is -2.06. The maximum absolute atomic E-state index is 12.1. The number of hydrogen-bond donors (Lipinski definition) is 1. The molecule has 0 saturated carbocycles. The fraction of sp³-hybridized carbons (Fsp3) is 0.154. The van der Waals surface area contributed by atoms with Crippen LogP contribution in [0.1, 0.15) is 20.8 Å². The second kappa shape index (κ2) is 5.02. The van der Waals surface area contributed by atoms with E-state index >= 15 is 0 Å². The molecule has 4 heteroatoms. The van der Waals surface area contributed by atoms with Gasteiger partial charge < -0.3 is 5.73 Å². The van der Waals surface area contributed by atoms with E-state index < -0.39 is 0 Å². The van der Waals surface area contributed by atoms with Crippen molar-refractivity contribution in [2.45, 2.75) is 13.3 Å². The van der Waals surface area contributed by atoms with Crippen LogP contribution in [-0.2, 0) is 6.42 Å². The van der Waals surface area contributed by atoms with E-state index in [2.05, 4.69) is 15.9 Å². The predicted molar refractivity (Wildman–Crippen MR) is 75.6 cm³/mol. The number of halogens is 1. The standard InChI is InChI=1S/C13H12BrNOS/c1-8-11(3-2-4-12(8)15)13(16)6-10-5-9(14)7-17-10/h2-5,7H,6,15H2,1H3. The predicted octanol–water partition coefficient (Wildman–Crippen LogP) is 3.83. The Morgan fingerprint density at radius 3 is 2.88 bits per heavy atom. The molecule has 0 unspecified atom stereocenters. The highest BCUT2D eigenvalue weighted by Gasteiger charge is 2.12. The van der Waals surface area contributed by atoms with Crippen LogP contribution < -0.4 is 5.73 Å². The van der Waals surface area contributed by atoms with Gasteiger partial charge in [0.2, 0.25) is 0 Å². The normalized spacial score (nSPS) is 10.5. The Labute approximate surface area is 113 Å². The zero-order valence-electron chi connectivity index (χ0n) is 9.37. The SMILES string of the molecule is Cc1c(N)cccc1C(=O)Cc1cc(Br)cs1. The molecule has 0 fully saturated rings. The Bertz CT molecular complexity index is 562. The van der Waals surface area contributed by atoms with Gasteiger partial charge in [0.15, 0.2) is 5.78 Å². The van der Waals surface area contributed by atoms with Crippen LogP contribution >= 0.6 is 27.3 Å². The lowest BCUT2D eigenvalue weighted by Gasteiger charge is -2.06. The third kappa shape index (κ3) is 2.76. The summed E-state index contributed by atoms with van der Waals surface area (Å²) in [6, 6.07) is 7.44. The van der Waals surface area contributed by atoms with Crippen LogP contribution in [0.2, 0.25) is 0 Å². The highest BCUT2D eigenvalue weighted by molar-refractivity contribution is 9.10. The molecule has 0 atom stereocenters. The average Bonchev–Trinajstić information content (AvgIpc) is 2.68. The molecular weight excluding hydrogens is 298 g/mol. The van der Waals surface area contributed by atoms with E-state index in [0.29, 0.717) is 12.1 Å². The van der Waals surface area contributed by atoms with Crippen molar-refractivity contribution in [3.05, 3.63) is 50.1 Å². The number of Topliss-reactive ketones (excluding diaryl/α,β-unsaturated/α-hetero) is 1. The Hall–Kier alpha value is -1.13. The van der Waals surface area contributed by atoms with Gasteiger partial charge in [0.1, 0.15) is 0 Å². The van der Waals surface area contributed by atoms with Gasteiger partial charge in [-0.1, -0.05) is 12.1 Å². The molecule has 1 aromatic carbocycles. The molecule has 0 saturated heterocycles. The summed E-state index contributed by atoms with van der Waals surface area (Å²) >= 11 is 4.97. The minimum Gasteiger partial charge on any atom is -0.398 e. The van der Waals surface area contributed by atoms with Crippen molar-refractivity contribution in [2.24, 2.45) is 0 Å². The number of benzene rings is 1. The van der Waals surface area contributed by atoms with E-state index in [9.17, 15) is 4.79 Å². The van der Waals surface area contributed by atoms with Crippen molar-refractivity contribution in [3.8, 4) is 0 Å². The number of rotatable bonds is 3. The van der Waals surface area contributed by atoms with Crippen LogP contribution in [0.25, 0.3) is 0 Å². The zero-order chi connectivity index (χ0) is 12.4. The van der Waals surface area contributed by atoms with Gasteiger partial charge in [0.25, 0.3) is 0 Å². The number of nitrogens with two attached hydrogens (primary N) is 1. The number of ketones is 1. The highest BCUT2D eigenvalue weighted by Crippen LogP contribution is 2.23. The first-order chi connectivity index (χ1) is 8.08. The van der Waals surface area contributed by atoms with Crippen molar-refractivity contribution < 1.29 is 4.79 Å². The van der Waals surface area contributed by atoms with Crippen LogP contribution in [0.15, 0.2) is 34.1 Å². The largest absolute Gasteiger partial charge is 0.398 e. The second-order valence-corrected chi connectivity index (χ2v) is 5.76. The van der Waals surface area contributed by atoms with Crippen molar-refractivity contribution in [2.75, 3.05) is 5.73 Å². The first kappa shape index (κ1) is 12.3. The first-order valence-electron chi connectivity index (χ1n) is 5.19. The maximum atomic E-state index is 12.1. The van der Waals surface area contributed by atoms with Crippen molar-refractivity contribution in [3.63, 3.8) is 0 Å². The van der Waals surface area contributed by atoms with E-state index in [1.165, 1.54) is 0 Å². The third-order valence-corrected chi connectivity index (χ3v) is 4.33. The van der Waals surface area contributed by atoms with Crippen LogP contribution in [0.4, 0.5) is 5.69 Å². The van der Waals surface area contributed by atoms with Crippen LogP contribution in [0.5, 0.6) is 0 Å². The number of thiophene rings is 1. The molecule has 0 spiro atoms. The molecule has 0 aliphatic carbocycles. The van der Waals surface area contributed by atoms with Crippen molar-refractivity contribution in [1.29, 1.82) is 0 Å². The van der Waals surface area contributed by atoms with Crippen LogP contribution in [0.3, 0.4) is 0 Å². The van der Waals surface area contributed by atoms with Gasteiger partial charge in [-0.2, -0.15) is 0 Å². The summed E-state index contributed by atoms with van der Waals surface area (Å²) in [5.74, 6) is 0.115. The fourth-order valence-electron chi connectivity index (χ4n) is 1.66. The topological polar surface area (TPSA) is 43.1 Å². The molecule has 2 nitrogen and oxygen atoms in total. The minimum atomic E-state index is 0.115. The quantitative estimate of drug-likeness (QED) is 0.691. The monoisotopic (exact) mass is 309 g/mol. The highest BCUT2D eigenvalue weighted by atomic mass is 79.9. The average molecular weight is 310 g/mol. The van der Waals surface area contributed by atoms with Gasteiger partial charge in [-0.15, -0.1) is 11.3 Å². The fourth-order valence-corrected chi connectivity index (χ4v) is 3.11. The summed E-state index contributed by atoms with van der Waals surface area (Å²) in [7, 11) is 0. The minimum absolute atomic E-state index is 0.115. The molecule has 2 rings (SSSR count). The molecule has 0 aliphatic rings. The van der Waals surface area contributed by atoms with Gasteiger partial charge in [-0.3, -0.25) is 4.79 Å². The van der Waals surface area contributed by atoms with E-state index in [-0.39, 0.29) is 5.78 Å². The molecule has 1 aromatic heterocycles. The van der Waals surface area contributed by atoms with Crippen molar-refractivity contribution >= 4 is 38.7 Å². The Kier molecular flexibility index (Phi) is 3.64. The summed E-state index contributed by atoms with van der Waals surface area (Å²) in [6.07, 6.45) is 0.431. The Morgan fingerprint density at radius 2 is 2.24 bits per heavy atom. The van der Waals surface area contributed by atoms with Crippen LogP contribution in [0, 0.1) is 6.92 Å². The molecule has 2 N–H and O–H groups in total. The smallest absolute Gasteiger partial charge is 0.168 e. The van der Waals surface area contributed by atoms with Gasteiger partial charge in [0.05, 0.1) is 0 Å². The van der Waals surface area contributed by atoms with Gasteiger partial charge in [-0.05, 0) is 40.5 Å². The van der Waals surface area contributed by atoms with E-state index in [1.54, 1.807) is 11.3 Å². The molecule has 1 heterocycles. The summed E-state index contributed by atoms with van der Waals surface area (Å²) in [5.41, 5.74) is 8.05. The van der Waals surface area contributed by atoms with Gasteiger partial charge >= 0.3 is 0 Å². The summed E-state index contributed by atoms with van der Waals surface area (Å²) < 4.78 is 1.02. The summed E-state index contributed by atoms with van der Waals surface area (Å²) in [6.45, 7) is 1.88. The lowest BCUT2D eigenvalue weighted by molar-refractivity contribution is 0.0993. The summed E-state index contributed by atoms with van der Waals surface area (Å²) in [5, 5.41) is 1.98. The molecule has 0 bridgehead atoms. The van der Waals surface area contributed by atoms with Gasteiger partial charge in [0, 0.05) is 32.4 Å². The van der Waals surface area contributed by atoms with Crippen LogP contribution in [-0.4, -0.2) is 5.78 Å². The molecular formula is C13H12BrNOS. The van der Waals surface area contributed by atoms with Gasteiger partial charge in [-0.25, -0.2) is 0 Å². The lowest BCUT2D eigenvalue weighted by atomic mass is 10.0. The zero-order valence-corrected chi connectivity index (χ0v) is 11.8. The number of nitrogen functional groups attached to an aromatic ring is 1. The molecule has 0 aliphatic heterocycles. The van der Waals surface area contributed by atoms with E-state index in [4.69, 9.17) is 5.73 Å². The number of carbonyl (C=O) groups is 1. The Morgan fingerprint density at radius 1 is 1.47 bits per heavy atom. The third-order valence-electron chi connectivity index (χ3n) is 2.63. The first-order valence-corrected chi connectivity index (χ1v) is 6.86. The number of carbonyl (C=O) groups excluding carboxylic acids is 1.